The van der Waals surface area contributed by atoms with Crippen LogP contribution in [0.3, 0.4) is 0 Å². The molecule has 0 aromatic carbocycles. The quantitative estimate of drug-likeness (QED) is 0.674. The predicted molar refractivity (Wildman–Crippen MR) is 82.8 cm³/mol. The van der Waals surface area contributed by atoms with Crippen LogP contribution >= 0.6 is 27.5 Å². The van der Waals surface area contributed by atoms with Gasteiger partial charge in [0.25, 0.3) is 0 Å². The third-order valence-corrected chi connectivity index (χ3v) is 4.15. The van der Waals surface area contributed by atoms with Gasteiger partial charge in [0.1, 0.15) is 0 Å². The van der Waals surface area contributed by atoms with Crippen LogP contribution in [0, 0.1) is 0 Å². The smallest absolute Gasteiger partial charge is 0.0767 e. The Hall–Kier alpha value is -0.100. The standard InChI is InChI=1S/C13H23BrClN3O/c1-5-11-13(14)12(18(6-2)16-11)8-17(3)7-10(15)9-19-4/h10H,5-9H2,1-4H3. The van der Waals surface area contributed by atoms with Crippen molar-refractivity contribution in [2.24, 2.45) is 0 Å². The number of ether oxygens (including phenoxy) is 1. The number of halogens is 2. The first kappa shape index (κ1) is 17.0. The zero-order chi connectivity index (χ0) is 14.4. The molecule has 6 heteroatoms. The zero-order valence-corrected chi connectivity index (χ0v) is 14.5. The van der Waals surface area contributed by atoms with E-state index in [9.17, 15) is 0 Å². The first-order chi connectivity index (χ1) is 9.03. The Balaban J connectivity index is 2.72. The van der Waals surface area contributed by atoms with Crippen molar-refractivity contribution in [1.29, 1.82) is 0 Å². The average Bonchev–Trinajstić information content (AvgIpc) is 2.66. The van der Waals surface area contributed by atoms with Gasteiger partial charge in [0.15, 0.2) is 0 Å². The van der Waals surface area contributed by atoms with Crippen LogP contribution in [-0.2, 0) is 24.2 Å². The van der Waals surface area contributed by atoms with Gasteiger partial charge in [0.05, 0.1) is 27.8 Å². The largest absolute Gasteiger partial charge is 0.383 e. The SMILES string of the molecule is CCc1nn(CC)c(CN(C)CC(Cl)COC)c1Br. The Morgan fingerprint density at radius 3 is 2.68 bits per heavy atom. The normalized spacial score (nSPS) is 13.2. The first-order valence-corrected chi connectivity index (χ1v) is 7.81. The van der Waals surface area contributed by atoms with E-state index in [-0.39, 0.29) is 5.38 Å². The fourth-order valence-electron chi connectivity index (χ4n) is 2.06. The molecule has 19 heavy (non-hydrogen) atoms. The second-order valence-corrected chi connectivity index (χ2v) is 6.04. The van der Waals surface area contributed by atoms with Crippen LogP contribution in [0.4, 0.5) is 0 Å². The molecule has 0 saturated carbocycles. The van der Waals surface area contributed by atoms with E-state index in [1.807, 2.05) is 0 Å². The van der Waals surface area contributed by atoms with Crippen LogP contribution in [-0.4, -0.2) is 47.4 Å². The molecular weight excluding hydrogens is 330 g/mol. The number of hydrogen-bond donors (Lipinski definition) is 0. The van der Waals surface area contributed by atoms with Gasteiger partial charge < -0.3 is 4.74 Å². The number of nitrogens with zero attached hydrogens (tertiary/aromatic N) is 3. The topological polar surface area (TPSA) is 30.3 Å². The number of aryl methyl sites for hydroxylation is 2. The van der Waals surface area contributed by atoms with Crippen molar-refractivity contribution in [3.05, 3.63) is 15.9 Å². The molecule has 0 bridgehead atoms. The molecule has 0 saturated heterocycles. The van der Waals surface area contributed by atoms with E-state index < -0.39 is 0 Å². The summed E-state index contributed by atoms with van der Waals surface area (Å²) in [6, 6.07) is 0. The Labute approximate surface area is 129 Å². The van der Waals surface area contributed by atoms with Crippen LogP contribution in [0.15, 0.2) is 4.47 Å². The lowest BCUT2D eigenvalue weighted by molar-refractivity contribution is 0.180. The summed E-state index contributed by atoms with van der Waals surface area (Å²) in [6.45, 7) is 7.29. The fourth-order valence-corrected chi connectivity index (χ4v) is 3.11. The summed E-state index contributed by atoms with van der Waals surface area (Å²) in [5, 5.41) is 4.61. The molecule has 1 aromatic rings. The molecule has 4 nitrogen and oxygen atoms in total. The molecule has 0 fully saturated rings. The van der Waals surface area contributed by atoms with Crippen molar-refractivity contribution in [1.82, 2.24) is 14.7 Å². The maximum absolute atomic E-state index is 6.19. The Bertz CT molecular complexity index is 397. The van der Waals surface area contributed by atoms with E-state index in [4.69, 9.17) is 16.3 Å². The van der Waals surface area contributed by atoms with Crippen LogP contribution in [0.5, 0.6) is 0 Å². The molecule has 0 aliphatic rings. The summed E-state index contributed by atoms with van der Waals surface area (Å²) < 4.78 is 8.24. The first-order valence-electron chi connectivity index (χ1n) is 6.59. The van der Waals surface area contributed by atoms with E-state index >= 15 is 0 Å². The molecule has 0 amide bonds. The van der Waals surface area contributed by atoms with E-state index in [1.54, 1.807) is 7.11 Å². The highest BCUT2D eigenvalue weighted by molar-refractivity contribution is 9.10. The highest BCUT2D eigenvalue weighted by atomic mass is 79.9. The van der Waals surface area contributed by atoms with Crippen molar-refractivity contribution >= 4 is 27.5 Å². The van der Waals surface area contributed by atoms with Crippen molar-refractivity contribution in [2.45, 2.75) is 38.7 Å². The number of aromatic nitrogens is 2. The molecule has 1 aromatic heterocycles. The third kappa shape index (κ3) is 4.74. The maximum Gasteiger partial charge on any atom is 0.0767 e. The highest BCUT2D eigenvalue weighted by Crippen LogP contribution is 2.23. The van der Waals surface area contributed by atoms with Crippen LogP contribution in [0.2, 0.25) is 0 Å². The Morgan fingerprint density at radius 1 is 1.47 bits per heavy atom. The minimum atomic E-state index is 0.0115. The monoisotopic (exact) mass is 351 g/mol. The summed E-state index contributed by atoms with van der Waals surface area (Å²) in [5.74, 6) is 0. The number of rotatable bonds is 8. The van der Waals surface area contributed by atoms with Gasteiger partial charge in [-0.05, 0) is 36.3 Å². The predicted octanol–water partition coefficient (Wildman–Crippen LogP) is 2.91. The summed E-state index contributed by atoms with van der Waals surface area (Å²) in [4.78, 5) is 2.20. The van der Waals surface area contributed by atoms with Crippen molar-refractivity contribution in [3.63, 3.8) is 0 Å². The molecule has 1 heterocycles. The maximum atomic E-state index is 6.19. The number of alkyl halides is 1. The van der Waals surface area contributed by atoms with Gasteiger partial charge >= 0.3 is 0 Å². The molecule has 0 aliphatic heterocycles. The summed E-state index contributed by atoms with van der Waals surface area (Å²) in [6.07, 6.45) is 0.937. The summed E-state index contributed by atoms with van der Waals surface area (Å²) in [7, 11) is 3.74. The van der Waals surface area contributed by atoms with Gasteiger partial charge in [0, 0.05) is 26.7 Å². The van der Waals surface area contributed by atoms with Crippen LogP contribution in [0.25, 0.3) is 0 Å². The van der Waals surface area contributed by atoms with Gasteiger partial charge in [-0.3, -0.25) is 9.58 Å². The van der Waals surface area contributed by atoms with Gasteiger partial charge in [-0.15, -0.1) is 11.6 Å². The lowest BCUT2D eigenvalue weighted by Crippen LogP contribution is -2.29. The minimum Gasteiger partial charge on any atom is -0.383 e. The lowest BCUT2D eigenvalue weighted by Gasteiger charge is -2.20. The van der Waals surface area contributed by atoms with Crippen molar-refractivity contribution in [3.8, 4) is 0 Å². The Morgan fingerprint density at radius 2 is 2.16 bits per heavy atom. The van der Waals surface area contributed by atoms with Gasteiger partial charge in [-0.2, -0.15) is 5.10 Å². The van der Waals surface area contributed by atoms with E-state index in [2.05, 4.69) is 51.5 Å². The van der Waals surface area contributed by atoms with Gasteiger partial charge in [-0.25, -0.2) is 0 Å². The van der Waals surface area contributed by atoms with Crippen molar-refractivity contribution in [2.75, 3.05) is 27.3 Å². The second-order valence-electron chi connectivity index (χ2n) is 4.63. The average molecular weight is 353 g/mol. The zero-order valence-electron chi connectivity index (χ0n) is 12.1. The van der Waals surface area contributed by atoms with Crippen LogP contribution in [0.1, 0.15) is 25.2 Å². The molecular formula is C13H23BrClN3O. The van der Waals surface area contributed by atoms with Gasteiger partial charge in [-0.1, -0.05) is 6.92 Å². The van der Waals surface area contributed by atoms with E-state index in [0.717, 1.165) is 36.2 Å². The molecule has 0 aliphatic carbocycles. The lowest BCUT2D eigenvalue weighted by atomic mass is 10.3. The minimum absolute atomic E-state index is 0.0115. The number of methoxy groups -OCH3 is 1. The molecule has 0 radical (unpaired) electrons. The summed E-state index contributed by atoms with van der Waals surface area (Å²) in [5.41, 5.74) is 2.33. The van der Waals surface area contributed by atoms with Crippen molar-refractivity contribution < 1.29 is 4.74 Å². The van der Waals surface area contributed by atoms with Gasteiger partial charge in [0.2, 0.25) is 0 Å². The highest BCUT2D eigenvalue weighted by Gasteiger charge is 2.16. The molecule has 1 rings (SSSR count). The van der Waals surface area contributed by atoms with Crippen LogP contribution < -0.4 is 0 Å². The molecule has 110 valence electrons. The summed E-state index contributed by atoms with van der Waals surface area (Å²) >= 11 is 9.85. The van der Waals surface area contributed by atoms with E-state index in [1.165, 1.54) is 5.69 Å². The molecule has 0 N–H and O–H groups in total. The Kier molecular flexibility index (Phi) is 7.36. The molecule has 1 unspecified atom stereocenters. The fraction of sp³-hybridized carbons (Fsp3) is 0.769. The van der Waals surface area contributed by atoms with E-state index in [0.29, 0.717) is 6.61 Å². The third-order valence-electron chi connectivity index (χ3n) is 2.97. The molecule has 1 atom stereocenters. The molecule has 0 spiro atoms. The second kappa shape index (κ2) is 8.25. The number of hydrogen-bond acceptors (Lipinski definition) is 3.